The van der Waals surface area contributed by atoms with E-state index in [1.165, 1.54) is 43.1 Å². The number of thioether (sulfide) groups is 1. The van der Waals surface area contributed by atoms with Crippen molar-refractivity contribution in [2.24, 2.45) is 0 Å². The number of hydrogen-bond acceptors (Lipinski definition) is 8. The van der Waals surface area contributed by atoms with E-state index in [4.69, 9.17) is 14.2 Å². The molecule has 3 rings (SSSR count). The highest BCUT2D eigenvalue weighted by Crippen LogP contribution is 2.34. The number of nitrogens with one attached hydrogen (secondary N) is 1. The summed E-state index contributed by atoms with van der Waals surface area (Å²) in [6.45, 7) is 4.91. The highest BCUT2D eigenvalue weighted by atomic mass is 32.2. The summed E-state index contributed by atoms with van der Waals surface area (Å²) in [5.41, 5.74) is 2.39. The molecule has 2 aromatic carbocycles. The minimum absolute atomic E-state index is 0.262. The van der Waals surface area contributed by atoms with Gasteiger partial charge in [-0.05, 0) is 67.6 Å². The summed E-state index contributed by atoms with van der Waals surface area (Å²) in [4.78, 5) is 12.5. The third kappa shape index (κ3) is 12.4. The molecule has 39 heavy (non-hydrogen) atoms. The largest absolute Gasteiger partial charge is 0.426 e. The Labute approximate surface area is 237 Å². The molecule has 1 saturated carbocycles. The predicted octanol–water partition coefficient (Wildman–Crippen LogP) is 5.56. The van der Waals surface area contributed by atoms with Gasteiger partial charge in [-0.3, -0.25) is 4.79 Å². The maximum absolute atomic E-state index is 11.2. The van der Waals surface area contributed by atoms with Crippen molar-refractivity contribution in [2.75, 3.05) is 32.9 Å². The van der Waals surface area contributed by atoms with E-state index >= 15 is 0 Å². The zero-order valence-corrected chi connectivity index (χ0v) is 24.1. The highest BCUT2D eigenvalue weighted by Gasteiger charge is 2.16. The van der Waals surface area contributed by atoms with Crippen LogP contribution in [-0.2, 0) is 27.5 Å². The van der Waals surface area contributed by atoms with Crippen molar-refractivity contribution in [2.45, 2.75) is 87.8 Å². The van der Waals surface area contributed by atoms with Crippen molar-refractivity contribution in [3.05, 3.63) is 59.2 Å². The first kappa shape index (κ1) is 31.6. The van der Waals surface area contributed by atoms with Crippen molar-refractivity contribution < 1.29 is 29.2 Å². The molecule has 0 aromatic heterocycles. The average molecular weight is 560 g/mol. The van der Waals surface area contributed by atoms with E-state index in [1.54, 1.807) is 18.2 Å². The van der Waals surface area contributed by atoms with Crippen LogP contribution in [0.5, 0.6) is 5.75 Å². The van der Waals surface area contributed by atoms with Crippen LogP contribution in [0.1, 0.15) is 81.1 Å². The van der Waals surface area contributed by atoms with Crippen LogP contribution < -0.4 is 10.1 Å². The summed E-state index contributed by atoms with van der Waals surface area (Å²) in [5.74, 6) is -0.124. The Morgan fingerprint density at radius 3 is 2.62 bits per heavy atom. The summed E-state index contributed by atoms with van der Waals surface area (Å²) in [7, 11) is 0. The van der Waals surface area contributed by atoms with Gasteiger partial charge in [0.25, 0.3) is 0 Å². The molecule has 7 nitrogen and oxygen atoms in total. The third-order valence-corrected chi connectivity index (χ3v) is 8.10. The molecule has 1 aliphatic carbocycles. The van der Waals surface area contributed by atoms with Crippen LogP contribution >= 0.6 is 11.8 Å². The van der Waals surface area contributed by atoms with E-state index in [0.29, 0.717) is 43.2 Å². The number of aliphatic hydroxyl groups is 2. The molecule has 2 aromatic rings. The number of ether oxygens (including phenoxy) is 3. The Morgan fingerprint density at radius 2 is 1.82 bits per heavy atom. The van der Waals surface area contributed by atoms with Crippen LogP contribution in [0.3, 0.4) is 0 Å². The smallest absolute Gasteiger partial charge is 0.308 e. The maximum Gasteiger partial charge on any atom is 0.308 e. The number of unbranched alkanes of at least 4 members (excludes halogenated alkanes) is 3. The molecule has 1 aliphatic rings. The molecular formula is C31H45NO6S. The summed E-state index contributed by atoms with van der Waals surface area (Å²) in [6, 6.07) is 13.7. The number of benzene rings is 2. The monoisotopic (exact) mass is 559 g/mol. The molecule has 0 unspecified atom stereocenters. The zero-order valence-electron chi connectivity index (χ0n) is 23.2. The van der Waals surface area contributed by atoms with Crippen LogP contribution in [0.2, 0.25) is 0 Å². The molecule has 0 bridgehead atoms. The van der Waals surface area contributed by atoms with E-state index in [0.717, 1.165) is 44.1 Å². The van der Waals surface area contributed by atoms with Gasteiger partial charge < -0.3 is 29.7 Å². The van der Waals surface area contributed by atoms with E-state index in [9.17, 15) is 15.0 Å². The van der Waals surface area contributed by atoms with Crippen molar-refractivity contribution in [1.29, 1.82) is 0 Å². The number of carbonyl (C=O) groups excluding carboxylic acids is 1. The van der Waals surface area contributed by atoms with Gasteiger partial charge in [-0.2, -0.15) is 0 Å². The van der Waals surface area contributed by atoms with Gasteiger partial charge in [0.1, 0.15) is 5.75 Å². The molecule has 3 N–H and O–H groups in total. The van der Waals surface area contributed by atoms with Crippen molar-refractivity contribution >= 4 is 17.7 Å². The average Bonchev–Trinajstić information content (AvgIpc) is 3.44. The molecule has 0 spiro atoms. The standard InChI is InChI=1S/C31H45NO6S/c1-24(34)38-31-14-13-26(20-27(31)22-33)30(35)21-32-15-6-2-3-7-16-36-17-18-37-23-25-9-8-12-29(19-25)39-28-10-4-5-11-28/h8-9,12-14,19-20,28,30,32-33,35H,2-7,10-11,15-18,21-23H2,1H3/t30-/m0/s1. The number of aliphatic hydroxyl groups excluding tert-OH is 2. The lowest BCUT2D eigenvalue weighted by Crippen LogP contribution is -2.22. The molecule has 0 heterocycles. The Morgan fingerprint density at radius 1 is 1.03 bits per heavy atom. The fourth-order valence-electron chi connectivity index (χ4n) is 4.67. The third-order valence-electron chi connectivity index (χ3n) is 6.77. The van der Waals surface area contributed by atoms with Crippen molar-refractivity contribution in [1.82, 2.24) is 5.32 Å². The lowest BCUT2D eigenvalue weighted by atomic mass is 10.1. The summed E-state index contributed by atoms with van der Waals surface area (Å²) in [6.07, 6.45) is 8.99. The van der Waals surface area contributed by atoms with Crippen LogP contribution in [0.25, 0.3) is 0 Å². The lowest BCUT2D eigenvalue weighted by molar-refractivity contribution is -0.131. The molecular weight excluding hydrogens is 514 g/mol. The van der Waals surface area contributed by atoms with Gasteiger partial charge in [0.05, 0.1) is 32.5 Å². The Balaban J connectivity index is 1.15. The van der Waals surface area contributed by atoms with Crippen LogP contribution in [0.15, 0.2) is 47.4 Å². The fraction of sp³-hybridized carbons (Fsp3) is 0.581. The Kier molecular flexibility index (Phi) is 14.9. The van der Waals surface area contributed by atoms with E-state index < -0.39 is 12.1 Å². The van der Waals surface area contributed by atoms with Crippen LogP contribution in [-0.4, -0.2) is 54.3 Å². The summed E-state index contributed by atoms with van der Waals surface area (Å²) < 4.78 is 16.6. The molecule has 216 valence electrons. The van der Waals surface area contributed by atoms with E-state index in [2.05, 4.69) is 29.6 Å². The molecule has 0 radical (unpaired) electrons. The van der Waals surface area contributed by atoms with Gasteiger partial charge in [0, 0.05) is 35.8 Å². The topological polar surface area (TPSA) is 97.3 Å². The second-order valence-corrected chi connectivity index (χ2v) is 11.5. The van der Waals surface area contributed by atoms with Gasteiger partial charge in [-0.1, -0.05) is 43.9 Å². The van der Waals surface area contributed by atoms with Gasteiger partial charge in [-0.25, -0.2) is 0 Å². The molecule has 1 fully saturated rings. The number of hydrogen-bond donors (Lipinski definition) is 3. The minimum Gasteiger partial charge on any atom is -0.426 e. The Hall–Kier alpha value is -1.94. The van der Waals surface area contributed by atoms with Gasteiger partial charge in [0.2, 0.25) is 0 Å². The number of carbonyl (C=O) groups is 1. The number of esters is 1. The zero-order chi connectivity index (χ0) is 27.7. The predicted molar refractivity (Wildman–Crippen MR) is 155 cm³/mol. The highest BCUT2D eigenvalue weighted by molar-refractivity contribution is 8.00. The lowest BCUT2D eigenvalue weighted by Gasteiger charge is -2.15. The molecule has 8 heteroatoms. The second kappa shape index (κ2) is 18.4. The second-order valence-electron chi connectivity index (χ2n) is 10.1. The van der Waals surface area contributed by atoms with Crippen molar-refractivity contribution in [3.8, 4) is 5.75 Å². The van der Waals surface area contributed by atoms with Crippen molar-refractivity contribution in [3.63, 3.8) is 0 Å². The minimum atomic E-state index is -0.697. The number of rotatable bonds is 19. The normalized spacial score (nSPS) is 14.5. The maximum atomic E-state index is 11.2. The van der Waals surface area contributed by atoms with Gasteiger partial charge in [-0.15, -0.1) is 11.8 Å². The SMILES string of the molecule is CC(=O)Oc1ccc([C@@H](O)CNCCCCCCOCCOCc2cccc(SC3CCCC3)c2)cc1CO. The van der Waals surface area contributed by atoms with E-state index in [-0.39, 0.29) is 6.61 Å². The fourth-order valence-corrected chi connectivity index (χ4v) is 6.00. The molecule has 0 saturated heterocycles. The van der Waals surface area contributed by atoms with Gasteiger partial charge >= 0.3 is 5.97 Å². The molecule has 0 aliphatic heterocycles. The van der Waals surface area contributed by atoms with Crippen LogP contribution in [0.4, 0.5) is 0 Å². The first-order valence-corrected chi connectivity index (χ1v) is 15.1. The summed E-state index contributed by atoms with van der Waals surface area (Å²) in [5, 5.41) is 24.0. The quantitative estimate of drug-likeness (QED) is 0.117. The Bertz CT molecular complexity index is 981. The molecule has 0 amide bonds. The summed E-state index contributed by atoms with van der Waals surface area (Å²) >= 11 is 2.01. The van der Waals surface area contributed by atoms with E-state index in [1.807, 2.05) is 11.8 Å². The first-order chi connectivity index (χ1) is 19.0. The van der Waals surface area contributed by atoms with Gasteiger partial charge in [0.15, 0.2) is 0 Å². The first-order valence-electron chi connectivity index (χ1n) is 14.3. The molecule has 1 atom stereocenters. The van der Waals surface area contributed by atoms with Crippen LogP contribution in [0, 0.1) is 0 Å².